The lowest BCUT2D eigenvalue weighted by atomic mass is 10.2. The van der Waals surface area contributed by atoms with Gasteiger partial charge < -0.3 is 9.80 Å². The fourth-order valence-electron chi connectivity index (χ4n) is 4.78. The van der Waals surface area contributed by atoms with E-state index in [-0.39, 0.29) is 16.8 Å². The smallest absolute Gasteiger partial charge is 0.243 e. The number of aromatic nitrogens is 4. The third-order valence-corrected chi connectivity index (χ3v) is 8.50. The van der Waals surface area contributed by atoms with Crippen LogP contribution in [0, 0.1) is 0 Å². The number of anilines is 1. The molecule has 2 saturated heterocycles. The van der Waals surface area contributed by atoms with E-state index in [0.29, 0.717) is 51.1 Å². The Labute approximate surface area is 199 Å². The molecule has 0 N–H and O–H groups in total. The zero-order valence-electron chi connectivity index (χ0n) is 19.4. The highest BCUT2D eigenvalue weighted by molar-refractivity contribution is 7.89. The first-order valence-electron chi connectivity index (χ1n) is 11.7. The van der Waals surface area contributed by atoms with Crippen molar-refractivity contribution in [3.05, 3.63) is 42.6 Å². The summed E-state index contributed by atoms with van der Waals surface area (Å²) in [5, 5.41) is 8.28. The molecule has 0 radical (unpaired) electrons. The molecule has 3 aromatic rings. The second-order valence-electron chi connectivity index (χ2n) is 9.05. The summed E-state index contributed by atoms with van der Waals surface area (Å²) < 4.78 is 30.2. The number of hydrogen-bond donors (Lipinski definition) is 0. The fourth-order valence-corrected chi connectivity index (χ4v) is 6.45. The van der Waals surface area contributed by atoms with Gasteiger partial charge >= 0.3 is 0 Å². The number of piperazine rings is 1. The summed E-state index contributed by atoms with van der Waals surface area (Å²) >= 11 is 0. The standard InChI is InChI=1S/C23H29N7O3S/c1-17(2)30-20-9-8-18(16-19(20)25-26-30)34(32,33)29-11-5-6-21(29)23(31)28-14-12-27(13-15-28)22-7-3-4-10-24-22/h3-4,7-10,16-17,21H,5-6,11-15H2,1-2H3/t21-/m1/s1. The van der Waals surface area contributed by atoms with Gasteiger partial charge in [-0.25, -0.2) is 18.1 Å². The molecule has 2 aliphatic heterocycles. The van der Waals surface area contributed by atoms with Gasteiger partial charge in [0.2, 0.25) is 15.9 Å². The summed E-state index contributed by atoms with van der Waals surface area (Å²) in [6, 6.07) is 10.1. The number of hydrogen-bond acceptors (Lipinski definition) is 7. The van der Waals surface area contributed by atoms with E-state index in [4.69, 9.17) is 0 Å². The van der Waals surface area contributed by atoms with Crippen LogP contribution in [0.25, 0.3) is 11.0 Å². The minimum atomic E-state index is -3.84. The first kappa shape index (κ1) is 22.7. The Morgan fingerprint density at radius 3 is 2.56 bits per heavy atom. The predicted octanol–water partition coefficient (Wildman–Crippen LogP) is 1.91. The fraction of sp³-hybridized carbons (Fsp3) is 0.478. The molecule has 1 atom stereocenters. The lowest BCUT2D eigenvalue weighted by Crippen LogP contribution is -2.54. The molecule has 0 spiro atoms. The van der Waals surface area contributed by atoms with Crippen LogP contribution in [0.2, 0.25) is 0 Å². The molecule has 4 heterocycles. The van der Waals surface area contributed by atoms with E-state index >= 15 is 0 Å². The average Bonchev–Trinajstić information content (AvgIpc) is 3.52. The van der Waals surface area contributed by atoms with Crippen LogP contribution in [0.4, 0.5) is 5.82 Å². The van der Waals surface area contributed by atoms with Crippen LogP contribution in [-0.2, 0) is 14.8 Å². The molecule has 11 heteroatoms. The summed E-state index contributed by atoms with van der Waals surface area (Å²) in [4.78, 5) is 21.8. The molecule has 0 unspecified atom stereocenters. The SMILES string of the molecule is CC(C)n1nnc2cc(S(=O)(=O)N3CCC[C@@H]3C(=O)N3CCN(c4ccccn4)CC3)ccc21. The molecule has 0 bridgehead atoms. The van der Waals surface area contributed by atoms with Gasteiger partial charge in [0.05, 0.1) is 10.4 Å². The monoisotopic (exact) mass is 483 g/mol. The molecule has 1 amide bonds. The van der Waals surface area contributed by atoms with E-state index in [0.717, 1.165) is 11.3 Å². The molecule has 1 aromatic carbocycles. The lowest BCUT2D eigenvalue weighted by molar-refractivity contribution is -0.134. The van der Waals surface area contributed by atoms with Gasteiger partial charge in [0, 0.05) is 45.0 Å². The molecule has 180 valence electrons. The highest BCUT2D eigenvalue weighted by Crippen LogP contribution is 2.29. The predicted molar refractivity (Wildman–Crippen MR) is 128 cm³/mol. The van der Waals surface area contributed by atoms with E-state index < -0.39 is 16.1 Å². The number of pyridine rings is 1. The molecular weight excluding hydrogens is 454 g/mol. The van der Waals surface area contributed by atoms with Crippen molar-refractivity contribution in [3.63, 3.8) is 0 Å². The van der Waals surface area contributed by atoms with Gasteiger partial charge in [0.15, 0.2) is 0 Å². The zero-order chi connectivity index (χ0) is 23.9. The molecule has 34 heavy (non-hydrogen) atoms. The van der Waals surface area contributed by atoms with Crippen LogP contribution in [-0.4, -0.2) is 82.3 Å². The van der Waals surface area contributed by atoms with Crippen molar-refractivity contribution in [1.82, 2.24) is 29.2 Å². The minimum Gasteiger partial charge on any atom is -0.353 e. The van der Waals surface area contributed by atoms with Gasteiger partial charge in [-0.1, -0.05) is 11.3 Å². The zero-order valence-corrected chi connectivity index (χ0v) is 20.2. The van der Waals surface area contributed by atoms with Gasteiger partial charge in [-0.15, -0.1) is 5.10 Å². The molecule has 10 nitrogen and oxygen atoms in total. The number of nitrogens with zero attached hydrogens (tertiary/aromatic N) is 7. The molecular formula is C23H29N7O3S. The van der Waals surface area contributed by atoms with Crippen LogP contribution >= 0.6 is 0 Å². The summed E-state index contributed by atoms with van der Waals surface area (Å²) in [7, 11) is -3.84. The summed E-state index contributed by atoms with van der Waals surface area (Å²) in [6.45, 7) is 6.76. The molecule has 2 aliphatic rings. The molecule has 2 aromatic heterocycles. The van der Waals surface area contributed by atoms with Crippen molar-refractivity contribution < 1.29 is 13.2 Å². The van der Waals surface area contributed by atoms with Gasteiger partial charge in [-0.2, -0.15) is 4.31 Å². The highest BCUT2D eigenvalue weighted by Gasteiger charge is 2.41. The number of benzene rings is 1. The Bertz CT molecular complexity index is 1280. The van der Waals surface area contributed by atoms with Crippen LogP contribution in [0.1, 0.15) is 32.7 Å². The Morgan fingerprint density at radius 1 is 1.06 bits per heavy atom. The third kappa shape index (κ3) is 4.03. The van der Waals surface area contributed by atoms with Gasteiger partial charge in [-0.3, -0.25) is 4.79 Å². The largest absolute Gasteiger partial charge is 0.353 e. The van der Waals surface area contributed by atoms with Crippen LogP contribution in [0.15, 0.2) is 47.5 Å². The Morgan fingerprint density at radius 2 is 1.85 bits per heavy atom. The molecule has 0 aliphatic carbocycles. The molecule has 2 fully saturated rings. The summed E-state index contributed by atoms with van der Waals surface area (Å²) in [5.74, 6) is 0.776. The van der Waals surface area contributed by atoms with Gasteiger partial charge in [0.25, 0.3) is 0 Å². The lowest BCUT2D eigenvalue weighted by Gasteiger charge is -2.37. The van der Waals surface area contributed by atoms with E-state index in [1.54, 1.807) is 34.0 Å². The van der Waals surface area contributed by atoms with Crippen LogP contribution in [0.5, 0.6) is 0 Å². The maximum Gasteiger partial charge on any atom is 0.243 e. The highest BCUT2D eigenvalue weighted by atomic mass is 32.2. The van der Waals surface area contributed by atoms with Gasteiger partial charge in [0.1, 0.15) is 17.4 Å². The van der Waals surface area contributed by atoms with Crippen molar-refractivity contribution in [2.45, 2.75) is 43.7 Å². The van der Waals surface area contributed by atoms with Crippen LogP contribution in [0.3, 0.4) is 0 Å². The second-order valence-corrected chi connectivity index (χ2v) is 10.9. The summed E-state index contributed by atoms with van der Waals surface area (Å²) in [6.07, 6.45) is 2.95. The van der Waals surface area contributed by atoms with Crippen molar-refractivity contribution in [1.29, 1.82) is 0 Å². The quantitative estimate of drug-likeness (QED) is 0.546. The Hall–Kier alpha value is -3.05. The van der Waals surface area contributed by atoms with E-state index in [1.807, 2.05) is 32.0 Å². The van der Waals surface area contributed by atoms with Crippen molar-refractivity contribution >= 4 is 32.8 Å². The first-order valence-corrected chi connectivity index (χ1v) is 13.1. The topological polar surface area (TPSA) is 105 Å². The second kappa shape index (κ2) is 8.95. The number of carbonyl (C=O) groups excluding carboxylic acids is 1. The van der Waals surface area contributed by atoms with E-state index in [2.05, 4.69) is 20.2 Å². The van der Waals surface area contributed by atoms with Crippen molar-refractivity contribution in [2.75, 3.05) is 37.6 Å². The number of amides is 1. The third-order valence-electron chi connectivity index (χ3n) is 6.59. The Balaban J connectivity index is 1.32. The number of sulfonamides is 1. The maximum absolute atomic E-state index is 13.5. The maximum atomic E-state index is 13.5. The molecule has 0 saturated carbocycles. The normalized spacial score (nSPS) is 19.9. The Kier molecular flexibility index (Phi) is 5.98. The summed E-state index contributed by atoms with van der Waals surface area (Å²) in [5.41, 5.74) is 1.32. The first-order chi connectivity index (χ1) is 16.4. The minimum absolute atomic E-state index is 0.117. The molecule has 5 rings (SSSR count). The van der Waals surface area contributed by atoms with E-state index in [9.17, 15) is 13.2 Å². The van der Waals surface area contributed by atoms with E-state index in [1.165, 1.54) is 4.31 Å². The number of rotatable bonds is 5. The van der Waals surface area contributed by atoms with Gasteiger partial charge in [-0.05, 0) is 57.0 Å². The number of carbonyl (C=O) groups is 1. The van der Waals surface area contributed by atoms with Crippen molar-refractivity contribution in [2.24, 2.45) is 0 Å². The van der Waals surface area contributed by atoms with Crippen LogP contribution < -0.4 is 4.90 Å². The number of fused-ring (bicyclic) bond motifs is 1. The van der Waals surface area contributed by atoms with Crippen molar-refractivity contribution in [3.8, 4) is 0 Å². The average molecular weight is 484 g/mol.